The number of carbonyl (C=O) groups excluding carboxylic acids is 1. The number of carboxylic acid groups (broad SMARTS) is 1. The maximum atomic E-state index is 13.5. The van der Waals surface area contributed by atoms with Crippen LogP contribution in [0, 0.1) is 0 Å². The molecule has 1 unspecified atom stereocenters. The van der Waals surface area contributed by atoms with Crippen molar-refractivity contribution < 1.29 is 37.7 Å². The molecule has 0 bridgehead atoms. The zero-order valence-corrected chi connectivity index (χ0v) is 21.4. The molecule has 1 heterocycles. The Bertz CT molecular complexity index is 1670. The molecule has 0 saturated carbocycles. The molecule has 208 valence electrons. The van der Waals surface area contributed by atoms with Gasteiger partial charge in [0.1, 0.15) is 5.75 Å². The van der Waals surface area contributed by atoms with Crippen LogP contribution in [0.25, 0.3) is 11.1 Å². The standard InChI is InChI=1S/C30H22F3N3O5/c1-41-27(30(31,32)33)17-12-14-20(15-13-17)36-24-11-3-2-8-22(24)25(28(36)38)35-34-23-10-5-9-21(26(23)37)18-6-4-7-19(16-18)29(39)40/h2-16,27,34,37H,1H3,(H,39,40)/b35-25-. The summed E-state index contributed by atoms with van der Waals surface area (Å²) in [7, 11) is 0.975. The number of hydrogen-bond donors (Lipinski definition) is 3. The van der Waals surface area contributed by atoms with Crippen LogP contribution in [0.3, 0.4) is 0 Å². The Labute approximate surface area is 231 Å². The first-order chi connectivity index (χ1) is 19.6. The van der Waals surface area contributed by atoms with Crippen LogP contribution in [0.1, 0.15) is 27.6 Å². The SMILES string of the molecule is COC(c1ccc(N2C(=O)/C(=N\Nc3cccc(-c4cccc(C(=O)O)c4)c3O)c3ccccc32)cc1)C(F)(F)F. The molecule has 0 aliphatic carbocycles. The highest BCUT2D eigenvalue weighted by atomic mass is 19.4. The predicted molar refractivity (Wildman–Crippen MR) is 146 cm³/mol. The number of hydrogen-bond acceptors (Lipinski definition) is 6. The number of rotatable bonds is 7. The van der Waals surface area contributed by atoms with Crippen molar-refractivity contribution in [3.8, 4) is 16.9 Å². The average Bonchev–Trinajstić information content (AvgIpc) is 3.23. The summed E-state index contributed by atoms with van der Waals surface area (Å²) >= 11 is 0. The summed E-state index contributed by atoms with van der Waals surface area (Å²) in [4.78, 5) is 26.2. The Hall–Kier alpha value is -5.16. The number of ether oxygens (including phenoxy) is 1. The monoisotopic (exact) mass is 561 g/mol. The van der Waals surface area contributed by atoms with Gasteiger partial charge >= 0.3 is 12.1 Å². The van der Waals surface area contributed by atoms with E-state index in [-0.39, 0.29) is 28.3 Å². The zero-order valence-electron chi connectivity index (χ0n) is 21.4. The Kier molecular flexibility index (Phi) is 7.21. The molecule has 4 aromatic carbocycles. The number of nitrogens with one attached hydrogen (secondary N) is 1. The van der Waals surface area contributed by atoms with Crippen LogP contribution in [0.2, 0.25) is 0 Å². The molecule has 4 aromatic rings. The van der Waals surface area contributed by atoms with Crippen LogP contribution in [0.5, 0.6) is 5.75 Å². The summed E-state index contributed by atoms with van der Waals surface area (Å²) in [5.74, 6) is -1.85. The maximum Gasteiger partial charge on any atom is 0.418 e. The molecule has 11 heteroatoms. The van der Waals surface area contributed by atoms with Gasteiger partial charge in [0.25, 0.3) is 5.91 Å². The van der Waals surface area contributed by atoms with E-state index in [1.165, 1.54) is 41.3 Å². The maximum absolute atomic E-state index is 13.5. The number of methoxy groups -OCH3 is 1. The second-order valence-electron chi connectivity index (χ2n) is 9.07. The van der Waals surface area contributed by atoms with Gasteiger partial charge in [-0.3, -0.25) is 15.1 Å². The minimum Gasteiger partial charge on any atom is -0.505 e. The fourth-order valence-electron chi connectivity index (χ4n) is 4.62. The molecule has 1 atom stereocenters. The van der Waals surface area contributed by atoms with Gasteiger partial charge < -0.3 is 14.9 Å². The first-order valence-electron chi connectivity index (χ1n) is 12.2. The van der Waals surface area contributed by atoms with E-state index in [9.17, 15) is 33.0 Å². The van der Waals surface area contributed by atoms with Crippen molar-refractivity contribution in [3.05, 3.63) is 108 Å². The lowest BCUT2D eigenvalue weighted by Crippen LogP contribution is -2.26. The smallest absolute Gasteiger partial charge is 0.418 e. The van der Waals surface area contributed by atoms with E-state index in [0.29, 0.717) is 28.1 Å². The summed E-state index contributed by atoms with van der Waals surface area (Å²) in [6.45, 7) is 0. The van der Waals surface area contributed by atoms with E-state index in [1.54, 1.807) is 54.6 Å². The normalized spacial score (nSPS) is 14.7. The first kappa shape index (κ1) is 27.4. The van der Waals surface area contributed by atoms with Crippen molar-refractivity contribution in [2.24, 2.45) is 5.10 Å². The van der Waals surface area contributed by atoms with Gasteiger partial charge in [-0.1, -0.05) is 54.6 Å². The molecule has 0 radical (unpaired) electrons. The van der Waals surface area contributed by atoms with Crippen molar-refractivity contribution in [2.75, 3.05) is 17.4 Å². The molecule has 5 rings (SSSR count). The van der Waals surface area contributed by atoms with Gasteiger partial charge in [0.15, 0.2) is 11.8 Å². The lowest BCUT2D eigenvalue weighted by Gasteiger charge is -2.21. The number of fused-ring (bicyclic) bond motifs is 1. The van der Waals surface area contributed by atoms with Crippen molar-refractivity contribution in [1.29, 1.82) is 0 Å². The number of para-hydroxylation sites is 2. The zero-order chi connectivity index (χ0) is 29.3. The molecule has 0 spiro atoms. The van der Waals surface area contributed by atoms with Crippen LogP contribution in [-0.2, 0) is 9.53 Å². The largest absolute Gasteiger partial charge is 0.505 e. The highest BCUT2D eigenvalue weighted by Gasteiger charge is 2.41. The van der Waals surface area contributed by atoms with E-state index < -0.39 is 24.2 Å². The number of carbonyl (C=O) groups is 2. The lowest BCUT2D eigenvalue weighted by molar-refractivity contribution is -0.215. The number of aromatic carboxylic acids is 1. The number of aromatic hydroxyl groups is 1. The fourth-order valence-corrected chi connectivity index (χ4v) is 4.62. The van der Waals surface area contributed by atoms with E-state index in [4.69, 9.17) is 0 Å². The van der Waals surface area contributed by atoms with Crippen molar-refractivity contribution in [3.63, 3.8) is 0 Å². The number of anilines is 3. The number of alkyl halides is 3. The van der Waals surface area contributed by atoms with Gasteiger partial charge in [0.05, 0.1) is 16.9 Å². The summed E-state index contributed by atoms with van der Waals surface area (Å²) in [5, 5.41) is 24.5. The molecule has 1 aliphatic rings. The molecule has 0 saturated heterocycles. The van der Waals surface area contributed by atoms with Crippen molar-refractivity contribution >= 4 is 34.7 Å². The Morgan fingerprint density at radius 2 is 1.63 bits per heavy atom. The van der Waals surface area contributed by atoms with Crippen molar-refractivity contribution in [1.82, 2.24) is 0 Å². The van der Waals surface area contributed by atoms with Crippen LogP contribution < -0.4 is 10.3 Å². The number of amides is 1. The predicted octanol–water partition coefficient (Wildman–Crippen LogP) is 6.50. The molecule has 1 amide bonds. The molecule has 8 nitrogen and oxygen atoms in total. The summed E-state index contributed by atoms with van der Waals surface area (Å²) in [5.41, 5.74) is 4.97. The highest BCUT2D eigenvalue weighted by molar-refractivity contribution is 6.55. The Balaban J connectivity index is 1.46. The fraction of sp³-hybridized carbons (Fsp3) is 0.100. The number of hydrazone groups is 1. The first-order valence-corrected chi connectivity index (χ1v) is 12.2. The van der Waals surface area contributed by atoms with Gasteiger partial charge in [-0.25, -0.2) is 4.79 Å². The highest BCUT2D eigenvalue weighted by Crippen LogP contribution is 2.40. The molecule has 0 fully saturated rings. The van der Waals surface area contributed by atoms with Crippen LogP contribution in [0.15, 0.2) is 96.1 Å². The van der Waals surface area contributed by atoms with E-state index >= 15 is 0 Å². The van der Waals surface area contributed by atoms with Crippen molar-refractivity contribution in [2.45, 2.75) is 12.3 Å². The quantitative estimate of drug-likeness (QED) is 0.175. The van der Waals surface area contributed by atoms with Gasteiger partial charge in [-0.2, -0.15) is 18.3 Å². The third kappa shape index (κ3) is 5.22. The summed E-state index contributed by atoms with van der Waals surface area (Å²) in [6, 6.07) is 23.0. The van der Waals surface area contributed by atoms with Gasteiger partial charge in [-0.15, -0.1) is 0 Å². The molecule has 41 heavy (non-hydrogen) atoms. The number of phenols is 1. The third-order valence-electron chi connectivity index (χ3n) is 6.54. The Morgan fingerprint density at radius 1 is 0.951 bits per heavy atom. The number of phenolic OH excluding ortho intramolecular Hbond substituents is 1. The number of benzene rings is 4. The van der Waals surface area contributed by atoms with E-state index in [2.05, 4.69) is 15.3 Å². The molecule has 3 N–H and O–H groups in total. The Morgan fingerprint density at radius 3 is 2.32 bits per heavy atom. The van der Waals surface area contributed by atoms with E-state index in [1.807, 2.05) is 0 Å². The second kappa shape index (κ2) is 10.8. The topological polar surface area (TPSA) is 111 Å². The van der Waals surface area contributed by atoms with Gasteiger partial charge in [0, 0.05) is 23.9 Å². The summed E-state index contributed by atoms with van der Waals surface area (Å²) < 4.78 is 44.5. The minimum absolute atomic E-state index is 0.0208. The number of halogens is 3. The van der Waals surface area contributed by atoms with Crippen LogP contribution >= 0.6 is 0 Å². The van der Waals surface area contributed by atoms with Gasteiger partial charge in [-0.05, 0) is 47.5 Å². The van der Waals surface area contributed by atoms with Gasteiger partial charge in [0.2, 0.25) is 0 Å². The minimum atomic E-state index is -4.60. The molecular weight excluding hydrogens is 539 g/mol. The molecule has 0 aromatic heterocycles. The average molecular weight is 562 g/mol. The second-order valence-corrected chi connectivity index (χ2v) is 9.07. The molecule has 1 aliphatic heterocycles. The van der Waals surface area contributed by atoms with Crippen LogP contribution in [0.4, 0.5) is 30.2 Å². The van der Waals surface area contributed by atoms with E-state index in [0.717, 1.165) is 7.11 Å². The van der Waals surface area contributed by atoms with Crippen LogP contribution in [-0.4, -0.2) is 41.1 Å². The lowest BCUT2D eigenvalue weighted by atomic mass is 10.0. The summed E-state index contributed by atoms with van der Waals surface area (Å²) in [6.07, 6.45) is -6.70. The third-order valence-corrected chi connectivity index (χ3v) is 6.54. The molecular formula is C30H22F3N3O5. The number of carboxylic acids is 1. The number of nitrogens with zero attached hydrogens (tertiary/aromatic N) is 2.